The van der Waals surface area contributed by atoms with Gasteiger partial charge in [0.1, 0.15) is 0 Å². The molecule has 114 valence electrons. The van der Waals surface area contributed by atoms with Gasteiger partial charge in [0.15, 0.2) is 5.78 Å². The summed E-state index contributed by atoms with van der Waals surface area (Å²) in [5, 5.41) is 20.9. The standard InChI is InChI=1S/C16H14BrNO3S/c1-7-4-9(2-3-10(7)17)18-15(20)12-8-5-11(19)14(22-6-8)13(12)16(18)21/h2-4,8,14,20-21H,5-6H2,1H3/t8-,14-/m1/s1. The van der Waals surface area contributed by atoms with Crippen LogP contribution in [0.2, 0.25) is 0 Å². The van der Waals surface area contributed by atoms with E-state index in [0.29, 0.717) is 17.7 Å². The Balaban J connectivity index is 1.96. The van der Waals surface area contributed by atoms with E-state index < -0.39 is 0 Å². The minimum atomic E-state index is -0.344. The van der Waals surface area contributed by atoms with E-state index in [1.807, 2.05) is 25.1 Å². The number of ketones is 1. The van der Waals surface area contributed by atoms with Crippen LogP contribution in [0.3, 0.4) is 0 Å². The Hall–Kier alpha value is -1.40. The van der Waals surface area contributed by atoms with Crippen LogP contribution in [-0.4, -0.2) is 26.3 Å². The predicted molar refractivity (Wildman–Crippen MR) is 89.1 cm³/mol. The summed E-state index contributed by atoms with van der Waals surface area (Å²) in [4.78, 5) is 12.1. The van der Waals surface area contributed by atoms with E-state index in [9.17, 15) is 15.0 Å². The summed E-state index contributed by atoms with van der Waals surface area (Å²) in [7, 11) is 0. The third kappa shape index (κ3) is 1.80. The molecule has 1 aromatic carbocycles. The van der Waals surface area contributed by atoms with Crippen molar-refractivity contribution >= 4 is 33.5 Å². The smallest absolute Gasteiger partial charge is 0.203 e. The van der Waals surface area contributed by atoms with Crippen LogP contribution in [0.1, 0.15) is 34.3 Å². The average Bonchev–Trinajstić information content (AvgIpc) is 2.76. The van der Waals surface area contributed by atoms with E-state index in [4.69, 9.17) is 0 Å². The van der Waals surface area contributed by atoms with Gasteiger partial charge in [-0.3, -0.25) is 9.36 Å². The molecule has 0 saturated carbocycles. The van der Waals surface area contributed by atoms with Crippen LogP contribution >= 0.6 is 27.7 Å². The molecule has 1 fully saturated rings. The summed E-state index contributed by atoms with van der Waals surface area (Å²) in [6.07, 6.45) is 0.459. The lowest BCUT2D eigenvalue weighted by atomic mass is 9.84. The van der Waals surface area contributed by atoms with Gasteiger partial charge in [-0.15, -0.1) is 11.8 Å². The van der Waals surface area contributed by atoms with Crippen molar-refractivity contribution in [2.24, 2.45) is 0 Å². The Morgan fingerprint density at radius 1 is 1.27 bits per heavy atom. The number of benzene rings is 1. The number of halogens is 1. The number of hydrogen-bond donors (Lipinski definition) is 2. The summed E-state index contributed by atoms with van der Waals surface area (Å²) in [6.45, 7) is 1.95. The monoisotopic (exact) mass is 379 g/mol. The molecule has 2 N–H and O–H groups in total. The number of hydrogen-bond acceptors (Lipinski definition) is 4. The van der Waals surface area contributed by atoms with E-state index in [1.165, 1.54) is 4.57 Å². The van der Waals surface area contributed by atoms with Crippen molar-refractivity contribution in [3.05, 3.63) is 39.4 Å². The number of rotatable bonds is 1. The minimum absolute atomic E-state index is 0.00111. The van der Waals surface area contributed by atoms with E-state index >= 15 is 0 Å². The normalized spacial score (nSPS) is 22.9. The van der Waals surface area contributed by atoms with Crippen molar-refractivity contribution in [2.45, 2.75) is 24.5 Å². The summed E-state index contributed by atoms with van der Waals surface area (Å²) < 4.78 is 2.42. The minimum Gasteiger partial charge on any atom is -0.494 e. The van der Waals surface area contributed by atoms with Gasteiger partial charge in [0.25, 0.3) is 0 Å². The van der Waals surface area contributed by atoms with E-state index in [-0.39, 0.29) is 28.7 Å². The lowest BCUT2D eigenvalue weighted by Gasteiger charge is -2.33. The Bertz CT molecular complexity index is 814. The number of Topliss-reactive ketones (excluding diaryl/α,β-unsaturated/α-hetero) is 1. The highest BCUT2D eigenvalue weighted by Gasteiger charge is 2.45. The summed E-state index contributed by atoms with van der Waals surface area (Å²) in [5.41, 5.74) is 3.07. The zero-order chi connectivity index (χ0) is 15.6. The molecule has 0 amide bonds. The van der Waals surface area contributed by atoms with Gasteiger partial charge >= 0.3 is 0 Å². The highest BCUT2D eigenvalue weighted by molar-refractivity contribution is 9.10. The largest absolute Gasteiger partial charge is 0.494 e. The third-order valence-electron chi connectivity index (χ3n) is 4.47. The SMILES string of the molecule is Cc1cc(-n2c(O)c3c(c2O)[C@@H]2SC[C@H]3CC2=O)ccc1Br. The second kappa shape index (κ2) is 4.80. The number of carbonyl (C=O) groups excluding carboxylic acids is 1. The molecule has 4 nitrogen and oxygen atoms in total. The van der Waals surface area contributed by atoms with Gasteiger partial charge in [-0.2, -0.15) is 0 Å². The summed E-state index contributed by atoms with van der Waals surface area (Å²) in [5.74, 6) is 1.02. The zero-order valence-corrected chi connectivity index (χ0v) is 14.2. The number of thioether (sulfide) groups is 1. The number of carbonyl (C=O) groups is 1. The van der Waals surface area contributed by atoms with Crippen LogP contribution in [0.15, 0.2) is 22.7 Å². The van der Waals surface area contributed by atoms with Crippen LogP contribution in [0.25, 0.3) is 5.69 Å². The van der Waals surface area contributed by atoms with Crippen LogP contribution in [0.4, 0.5) is 0 Å². The molecule has 6 heteroatoms. The number of aromatic nitrogens is 1. The molecule has 0 radical (unpaired) electrons. The highest BCUT2D eigenvalue weighted by Crippen LogP contribution is 2.57. The lowest BCUT2D eigenvalue weighted by molar-refractivity contribution is -0.119. The van der Waals surface area contributed by atoms with E-state index in [0.717, 1.165) is 21.4 Å². The third-order valence-corrected chi connectivity index (χ3v) is 6.79. The first kappa shape index (κ1) is 14.2. The topological polar surface area (TPSA) is 62.5 Å². The van der Waals surface area contributed by atoms with Gasteiger partial charge in [0.2, 0.25) is 11.8 Å². The molecule has 2 atom stereocenters. The van der Waals surface area contributed by atoms with Crippen molar-refractivity contribution in [1.29, 1.82) is 0 Å². The fraction of sp³-hybridized carbons (Fsp3) is 0.312. The predicted octanol–water partition coefficient (Wildman–Crippen LogP) is 3.80. The van der Waals surface area contributed by atoms with Crippen LogP contribution < -0.4 is 0 Å². The fourth-order valence-electron chi connectivity index (χ4n) is 3.40. The van der Waals surface area contributed by atoms with Gasteiger partial charge in [-0.1, -0.05) is 15.9 Å². The molecule has 1 saturated heterocycles. The first-order valence-electron chi connectivity index (χ1n) is 7.06. The molecule has 2 bridgehead atoms. The Labute approximate surface area is 140 Å². The number of aryl methyl sites for hydroxylation is 1. The Morgan fingerprint density at radius 2 is 2.00 bits per heavy atom. The van der Waals surface area contributed by atoms with Crippen molar-refractivity contribution in [2.75, 3.05) is 5.75 Å². The molecule has 5 rings (SSSR count). The van der Waals surface area contributed by atoms with Gasteiger partial charge < -0.3 is 10.2 Å². The van der Waals surface area contributed by atoms with Crippen LogP contribution in [0.5, 0.6) is 11.8 Å². The molecule has 3 heterocycles. The summed E-state index contributed by atoms with van der Waals surface area (Å²) in [6, 6.07) is 5.61. The van der Waals surface area contributed by atoms with Crippen LogP contribution in [0, 0.1) is 6.92 Å². The second-order valence-electron chi connectivity index (χ2n) is 5.82. The maximum Gasteiger partial charge on any atom is 0.203 e. The zero-order valence-electron chi connectivity index (χ0n) is 11.8. The first-order valence-corrected chi connectivity index (χ1v) is 8.90. The van der Waals surface area contributed by atoms with E-state index in [2.05, 4.69) is 15.9 Å². The Kier molecular flexibility index (Phi) is 3.10. The summed E-state index contributed by atoms with van der Waals surface area (Å²) >= 11 is 5.01. The van der Waals surface area contributed by atoms with Crippen molar-refractivity contribution < 1.29 is 15.0 Å². The van der Waals surface area contributed by atoms with Crippen LogP contribution in [-0.2, 0) is 4.79 Å². The lowest BCUT2D eigenvalue weighted by Crippen LogP contribution is -2.28. The molecular weight excluding hydrogens is 366 g/mol. The number of nitrogens with zero attached hydrogens (tertiary/aromatic N) is 1. The highest BCUT2D eigenvalue weighted by atomic mass is 79.9. The van der Waals surface area contributed by atoms with Crippen molar-refractivity contribution in [3.63, 3.8) is 0 Å². The maximum atomic E-state index is 12.1. The first-order chi connectivity index (χ1) is 10.5. The Morgan fingerprint density at radius 3 is 2.68 bits per heavy atom. The quantitative estimate of drug-likeness (QED) is 0.790. The molecule has 0 unspecified atom stereocenters. The maximum absolute atomic E-state index is 12.1. The molecule has 2 aliphatic heterocycles. The molecule has 1 aromatic heterocycles. The van der Waals surface area contributed by atoms with Crippen molar-refractivity contribution in [3.8, 4) is 17.4 Å². The number of aromatic hydroxyl groups is 2. The van der Waals surface area contributed by atoms with Gasteiger partial charge in [0.05, 0.1) is 10.9 Å². The molecule has 3 aliphatic rings. The van der Waals surface area contributed by atoms with Gasteiger partial charge in [0, 0.05) is 33.7 Å². The molecule has 22 heavy (non-hydrogen) atoms. The average molecular weight is 380 g/mol. The molecule has 1 aliphatic carbocycles. The molecular formula is C16H14BrNO3S. The molecule has 2 aromatic rings. The number of fused-ring (bicyclic) bond motifs is 2. The molecule has 0 spiro atoms. The van der Waals surface area contributed by atoms with Gasteiger partial charge in [-0.25, -0.2) is 0 Å². The van der Waals surface area contributed by atoms with Crippen molar-refractivity contribution in [1.82, 2.24) is 4.57 Å². The second-order valence-corrected chi connectivity index (χ2v) is 7.82. The fourth-order valence-corrected chi connectivity index (χ4v) is 5.04. The van der Waals surface area contributed by atoms with E-state index in [1.54, 1.807) is 11.8 Å². The van der Waals surface area contributed by atoms with Gasteiger partial charge in [-0.05, 0) is 30.7 Å².